The highest BCUT2D eigenvalue weighted by molar-refractivity contribution is 7.15. The summed E-state index contributed by atoms with van der Waals surface area (Å²) in [5.74, 6) is 0. The molecule has 1 heterocycles. The predicted octanol–water partition coefficient (Wildman–Crippen LogP) is 4.22. The molecule has 2 heteroatoms. The molecule has 0 saturated heterocycles. The first-order chi connectivity index (χ1) is 8.16. The first-order valence-corrected chi connectivity index (χ1v) is 6.86. The summed E-state index contributed by atoms with van der Waals surface area (Å²) in [6.45, 7) is 7.52. The molecule has 1 aromatic heterocycles. The number of hydrogen-bond donors (Lipinski definition) is 1. The number of aryl methyl sites for hydroxylation is 1. The molecule has 1 nitrogen and oxygen atoms in total. The lowest BCUT2D eigenvalue weighted by atomic mass is 10.1. The Labute approximate surface area is 108 Å². The van der Waals surface area contributed by atoms with Crippen molar-refractivity contribution < 1.29 is 0 Å². The fourth-order valence-corrected chi connectivity index (χ4v) is 2.94. The van der Waals surface area contributed by atoms with E-state index >= 15 is 0 Å². The molecule has 0 atom stereocenters. The zero-order valence-electron chi connectivity index (χ0n) is 10.7. The average molecular weight is 245 g/mol. The highest BCUT2D eigenvalue weighted by atomic mass is 32.1. The van der Waals surface area contributed by atoms with Crippen LogP contribution in [0.4, 0.5) is 0 Å². The van der Waals surface area contributed by atoms with Crippen molar-refractivity contribution in [3.8, 4) is 10.4 Å². The van der Waals surface area contributed by atoms with Crippen LogP contribution in [0.3, 0.4) is 0 Å². The first kappa shape index (κ1) is 12.3. The summed E-state index contributed by atoms with van der Waals surface area (Å²) < 4.78 is 0. The minimum Gasteiger partial charge on any atom is -0.310 e. The molecule has 17 heavy (non-hydrogen) atoms. The lowest BCUT2D eigenvalue weighted by Gasteiger charge is -2.05. The quantitative estimate of drug-likeness (QED) is 0.850. The van der Waals surface area contributed by atoms with E-state index in [1.165, 1.54) is 20.9 Å². The van der Waals surface area contributed by atoms with Crippen molar-refractivity contribution >= 4 is 11.3 Å². The van der Waals surface area contributed by atoms with E-state index in [2.05, 4.69) is 62.5 Å². The summed E-state index contributed by atoms with van der Waals surface area (Å²) >= 11 is 1.89. The molecule has 0 aliphatic rings. The molecule has 2 aromatic rings. The Morgan fingerprint density at radius 3 is 2.53 bits per heavy atom. The summed E-state index contributed by atoms with van der Waals surface area (Å²) in [5, 5.41) is 3.46. The van der Waals surface area contributed by atoms with Gasteiger partial charge in [-0.25, -0.2) is 0 Å². The van der Waals surface area contributed by atoms with Crippen molar-refractivity contribution in [1.29, 1.82) is 0 Å². The van der Waals surface area contributed by atoms with Crippen LogP contribution in [0.5, 0.6) is 0 Å². The lowest BCUT2D eigenvalue weighted by Crippen LogP contribution is -2.21. The van der Waals surface area contributed by atoms with Crippen LogP contribution in [-0.4, -0.2) is 6.04 Å². The average Bonchev–Trinajstić information content (AvgIpc) is 2.69. The Balaban J connectivity index is 2.20. The molecule has 0 bridgehead atoms. The Bertz CT molecular complexity index is 471. The molecular formula is C15H19NS. The summed E-state index contributed by atoms with van der Waals surface area (Å²) in [6.07, 6.45) is 0. The molecule has 2 rings (SSSR count). The second-order valence-electron chi connectivity index (χ2n) is 4.63. The Kier molecular flexibility index (Phi) is 3.97. The molecule has 0 radical (unpaired) electrons. The number of thiophene rings is 1. The van der Waals surface area contributed by atoms with E-state index in [-0.39, 0.29) is 0 Å². The maximum atomic E-state index is 3.46. The maximum Gasteiger partial charge on any atom is 0.0375 e. The van der Waals surface area contributed by atoms with Crippen molar-refractivity contribution in [2.24, 2.45) is 0 Å². The van der Waals surface area contributed by atoms with Gasteiger partial charge in [-0.3, -0.25) is 0 Å². The van der Waals surface area contributed by atoms with Crippen molar-refractivity contribution in [2.45, 2.75) is 33.4 Å². The molecule has 0 aliphatic heterocycles. The zero-order valence-corrected chi connectivity index (χ0v) is 11.5. The fourth-order valence-electron chi connectivity index (χ4n) is 1.82. The van der Waals surface area contributed by atoms with Gasteiger partial charge < -0.3 is 5.32 Å². The molecule has 0 aliphatic carbocycles. The van der Waals surface area contributed by atoms with Crippen LogP contribution >= 0.6 is 11.3 Å². The van der Waals surface area contributed by atoms with Gasteiger partial charge in [-0.2, -0.15) is 0 Å². The molecule has 0 amide bonds. The standard InChI is InChI=1S/C15H19NS/c1-11(2)16-10-14-9-12(3)15(17-14)13-7-5-4-6-8-13/h4-9,11,16H,10H2,1-3H3. The van der Waals surface area contributed by atoms with E-state index in [9.17, 15) is 0 Å². The monoisotopic (exact) mass is 245 g/mol. The molecule has 1 N–H and O–H groups in total. The normalized spacial score (nSPS) is 11.1. The molecule has 0 unspecified atom stereocenters. The van der Waals surface area contributed by atoms with Gasteiger partial charge in [0, 0.05) is 22.3 Å². The topological polar surface area (TPSA) is 12.0 Å². The van der Waals surface area contributed by atoms with Crippen molar-refractivity contribution in [2.75, 3.05) is 0 Å². The largest absolute Gasteiger partial charge is 0.310 e. The van der Waals surface area contributed by atoms with Gasteiger partial charge in [0.15, 0.2) is 0 Å². The minimum absolute atomic E-state index is 0.539. The van der Waals surface area contributed by atoms with E-state index in [4.69, 9.17) is 0 Å². The highest BCUT2D eigenvalue weighted by Crippen LogP contribution is 2.32. The van der Waals surface area contributed by atoms with E-state index in [0.717, 1.165) is 6.54 Å². The van der Waals surface area contributed by atoms with Crippen LogP contribution in [-0.2, 0) is 6.54 Å². The van der Waals surface area contributed by atoms with E-state index < -0.39 is 0 Å². The van der Waals surface area contributed by atoms with Gasteiger partial charge in [-0.15, -0.1) is 11.3 Å². The van der Waals surface area contributed by atoms with Gasteiger partial charge in [0.05, 0.1) is 0 Å². The van der Waals surface area contributed by atoms with Crippen LogP contribution in [0.15, 0.2) is 36.4 Å². The summed E-state index contributed by atoms with van der Waals surface area (Å²) in [6, 6.07) is 13.5. The number of nitrogens with one attached hydrogen (secondary N) is 1. The molecule has 0 spiro atoms. The smallest absolute Gasteiger partial charge is 0.0375 e. The molecule has 1 aromatic carbocycles. The summed E-state index contributed by atoms with van der Waals surface area (Å²) in [4.78, 5) is 2.81. The van der Waals surface area contributed by atoms with Crippen LogP contribution < -0.4 is 5.32 Å². The van der Waals surface area contributed by atoms with E-state index in [1.807, 2.05) is 11.3 Å². The van der Waals surface area contributed by atoms with E-state index in [0.29, 0.717) is 6.04 Å². The molecule has 90 valence electrons. The summed E-state index contributed by atoms with van der Waals surface area (Å²) in [7, 11) is 0. The SMILES string of the molecule is Cc1cc(CNC(C)C)sc1-c1ccccc1. The predicted molar refractivity (Wildman–Crippen MR) is 76.5 cm³/mol. The maximum absolute atomic E-state index is 3.46. The molecular weight excluding hydrogens is 226 g/mol. The van der Waals surface area contributed by atoms with Crippen LogP contribution in [0.25, 0.3) is 10.4 Å². The number of hydrogen-bond acceptors (Lipinski definition) is 2. The van der Waals surface area contributed by atoms with Gasteiger partial charge in [-0.1, -0.05) is 44.2 Å². The van der Waals surface area contributed by atoms with Crippen LogP contribution in [0.1, 0.15) is 24.3 Å². The van der Waals surface area contributed by atoms with Gasteiger partial charge in [0.1, 0.15) is 0 Å². The third kappa shape index (κ3) is 3.18. The van der Waals surface area contributed by atoms with E-state index in [1.54, 1.807) is 0 Å². The van der Waals surface area contributed by atoms with Gasteiger partial charge in [0.2, 0.25) is 0 Å². The Morgan fingerprint density at radius 2 is 1.88 bits per heavy atom. The summed E-state index contributed by atoms with van der Waals surface area (Å²) in [5.41, 5.74) is 2.70. The third-order valence-corrected chi connectivity index (χ3v) is 3.98. The molecule has 0 fully saturated rings. The van der Waals surface area contributed by atoms with Crippen molar-refractivity contribution in [1.82, 2.24) is 5.32 Å². The Morgan fingerprint density at radius 1 is 1.18 bits per heavy atom. The second kappa shape index (κ2) is 5.48. The van der Waals surface area contributed by atoms with Gasteiger partial charge >= 0.3 is 0 Å². The fraction of sp³-hybridized carbons (Fsp3) is 0.333. The zero-order chi connectivity index (χ0) is 12.3. The van der Waals surface area contributed by atoms with Gasteiger partial charge in [-0.05, 0) is 24.1 Å². The third-order valence-electron chi connectivity index (χ3n) is 2.69. The molecule has 0 saturated carbocycles. The van der Waals surface area contributed by atoms with Crippen molar-refractivity contribution in [3.63, 3.8) is 0 Å². The van der Waals surface area contributed by atoms with Crippen LogP contribution in [0.2, 0.25) is 0 Å². The minimum atomic E-state index is 0.539. The first-order valence-electron chi connectivity index (χ1n) is 6.05. The van der Waals surface area contributed by atoms with Gasteiger partial charge in [0.25, 0.3) is 0 Å². The second-order valence-corrected chi connectivity index (χ2v) is 5.76. The lowest BCUT2D eigenvalue weighted by molar-refractivity contribution is 0.593. The highest BCUT2D eigenvalue weighted by Gasteiger charge is 2.07. The Hall–Kier alpha value is -1.12. The number of rotatable bonds is 4. The van der Waals surface area contributed by atoms with Crippen LogP contribution in [0, 0.1) is 6.92 Å². The van der Waals surface area contributed by atoms with Crippen molar-refractivity contribution in [3.05, 3.63) is 46.8 Å². The number of benzene rings is 1.